The van der Waals surface area contributed by atoms with Crippen molar-refractivity contribution in [1.82, 2.24) is 0 Å². The molecule has 0 aromatic heterocycles. The third kappa shape index (κ3) is 6.37. The summed E-state index contributed by atoms with van der Waals surface area (Å²) in [5, 5.41) is 0.238. The average Bonchev–Trinajstić information content (AvgIpc) is 2.59. The smallest absolute Gasteiger partial charge is 0.192 e. The van der Waals surface area contributed by atoms with Gasteiger partial charge >= 0.3 is 0 Å². The van der Waals surface area contributed by atoms with Gasteiger partial charge in [0.15, 0.2) is 8.32 Å². The van der Waals surface area contributed by atoms with E-state index in [2.05, 4.69) is 90.2 Å². The van der Waals surface area contributed by atoms with Crippen LogP contribution in [-0.4, -0.2) is 14.9 Å². The topological polar surface area (TPSA) is 18.5 Å². The Morgan fingerprint density at radius 1 is 0.963 bits per heavy atom. The summed E-state index contributed by atoms with van der Waals surface area (Å²) in [5.74, 6) is 0.903. The number of hydrogen-bond donors (Lipinski definition) is 0. The van der Waals surface area contributed by atoms with Crippen molar-refractivity contribution >= 4 is 14.4 Å². The maximum atomic E-state index is 6.33. The normalized spacial score (nSPS) is 12.6. The van der Waals surface area contributed by atoms with Gasteiger partial charge in [0.2, 0.25) is 0 Å². The highest BCUT2D eigenvalue weighted by Gasteiger charge is 2.36. The molecule has 27 heavy (non-hydrogen) atoms. The van der Waals surface area contributed by atoms with Gasteiger partial charge in [0.25, 0.3) is 0 Å². The maximum Gasteiger partial charge on any atom is 0.192 e. The molecule has 0 saturated heterocycles. The minimum absolute atomic E-state index is 0.238. The molecule has 0 saturated carbocycles. The average molecular weight is 383 g/mol. The monoisotopic (exact) mass is 382 g/mol. The lowest BCUT2D eigenvalue weighted by Crippen LogP contribution is -2.40. The van der Waals surface area contributed by atoms with E-state index in [1.54, 1.807) is 0 Å². The van der Waals surface area contributed by atoms with E-state index in [0.717, 1.165) is 5.75 Å². The largest absolute Gasteiger partial charge is 0.490 e. The quantitative estimate of drug-likeness (QED) is 0.484. The van der Waals surface area contributed by atoms with E-state index in [1.807, 2.05) is 12.1 Å². The number of hydrogen-bond acceptors (Lipinski definition) is 2. The Morgan fingerprint density at radius 2 is 1.63 bits per heavy atom. The Bertz CT molecular complexity index is 768. The van der Waals surface area contributed by atoms with Gasteiger partial charge in [0, 0.05) is 0 Å². The minimum Gasteiger partial charge on any atom is -0.490 e. The van der Waals surface area contributed by atoms with Gasteiger partial charge in [0.05, 0.1) is 6.61 Å². The van der Waals surface area contributed by atoms with Gasteiger partial charge in [-0.25, -0.2) is 0 Å². The Morgan fingerprint density at radius 3 is 2.22 bits per heavy atom. The fraction of sp³-hybridized carbons (Fsp3) is 0.417. The lowest BCUT2D eigenvalue weighted by atomic mass is 10.1. The number of ether oxygens (including phenoxy) is 1. The molecule has 0 unspecified atom stereocenters. The zero-order chi connectivity index (χ0) is 20.1. The van der Waals surface area contributed by atoms with E-state index >= 15 is 0 Å². The third-order valence-corrected chi connectivity index (χ3v) is 9.88. The zero-order valence-electron chi connectivity index (χ0n) is 17.9. The van der Waals surface area contributed by atoms with Crippen LogP contribution in [0, 0.1) is 13.8 Å². The fourth-order valence-corrected chi connectivity index (χ4v) is 3.41. The molecule has 0 spiro atoms. The van der Waals surface area contributed by atoms with E-state index in [1.165, 1.54) is 22.3 Å². The first-order valence-corrected chi connectivity index (χ1v) is 12.6. The number of benzene rings is 2. The Kier molecular flexibility index (Phi) is 7.07. The molecule has 2 aromatic carbocycles. The Hall–Kier alpha value is -1.84. The lowest BCUT2D eigenvalue weighted by Gasteiger charge is -2.36. The van der Waals surface area contributed by atoms with Gasteiger partial charge in [0.1, 0.15) is 12.4 Å². The van der Waals surface area contributed by atoms with Crippen molar-refractivity contribution in [1.29, 1.82) is 0 Å². The highest BCUT2D eigenvalue weighted by molar-refractivity contribution is 6.74. The molecule has 0 atom stereocenters. The van der Waals surface area contributed by atoms with Crippen LogP contribution in [0.2, 0.25) is 18.1 Å². The lowest BCUT2D eigenvalue weighted by molar-refractivity contribution is 0.276. The molecule has 0 bridgehead atoms. The predicted molar refractivity (Wildman–Crippen MR) is 119 cm³/mol. The van der Waals surface area contributed by atoms with Crippen LogP contribution in [0.25, 0.3) is 6.08 Å². The molecule has 2 aromatic rings. The van der Waals surface area contributed by atoms with Gasteiger partial charge < -0.3 is 9.16 Å². The highest BCUT2D eigenvalue weighted by atomic mass is 28.4. The Labute approximate surface area is 166 Å². The highest BCUT2D eigenvalue weighted by Crippen LogP contribution is 2.37. The summed E-state index contributed by atoms with van der Waals surface area (Å²) in [6, 6.07) is 14.7. The molecule has 2 nitrogen and oxygen atoms in total. The van der Waals surface area contributed by atoms with Gasteiger partial charge in [-0.3, -0.25) is 0 Å². The fourth-order valence-electron chi connectivity index (χ4n) is 2.45. The molecule has 0 fully saturated rings. The SMILES string of the molecule is Cc1ccc(OCC=Cc2ccc(CO[Si](C)(C)C(C)(C)C)cc2C)cc1. The summed E-state index contributed by atoms with van der Waals surface area (Å²) in [6.07, 6.45) is 4.19. The summed E-state index contributed by atoms with van der Waals surface area (Å²) < 4.78 is 12.1. The van der Waals surface area contributed by atoms with Crippen LogP contribution in [0.4, 0.5) is 0 Å². The van der Waals surface area contributed by atoms with Crippen molar-refractivity contribution in [3.05, 3.63) is 70.8 Å². The summed E-state index contributed by atoms with van der Waals surface area (Å²) in [6.45, 7) is 16.9. The first-order chi connectivity index (χ1) is 12.6. The molecule has 0 aliphatic rings. The van der Waals surface area contributed by atoms with Crippen LogP contribution in [0.15, 0.2) is 48.5 Å². The van der Waals surface area contributed by atoms with Crippen LogP contribution in [0.5, 0.6) is 5.75 Å². The molecule has 0 aliphatic carbocycles. The van der Waals surface area contributed by atoms with Crippen LogP contribution < -0.4 is 4.74 Å². The molecule has 0 radical (unpaired) electrons. The molecule has 146 valence electrons. The van der Waals surface area contributed by atoms with Gasteiger partial charge in [-0.2, -0.15) is 0 Å². The van der Waals surface area contributed by atoms with Crippen LogP contribution in [0.1, 0.15) is 43.0 Å². The third-order valence-electron chi connectivity index (χ3n) is 5.40. The van der Waals surface area contributed by atoms with E-state index in [-0.39, 0.29) is 5.04 Å². The van der Waals surface area contributed by atoms with Gasteiger partial charge in [-0.05, 0) is 66.9 Å². The summed E-state index contributed by atoms with van der Waals surface area (Å²) in [5.41, 5.74) is 4.97. The van der Waals surface area contributed by atoms with Crippen molar-refractivity contribution in [3.63, 3.8) is 0 Å². The van der Waals surface area contributed by atoms with Crippen LogP contribution >= 0.6 is 0 Å². The number of aryl methyl sites for hydroxylation is 2. The second-order valence-electron chi connectivity index (χ2n) is 8.77. The molecule has 0 heterocycles. The van der Waals surface area contributed by atoms with E-state index in [9.17, 15) is 0 Å². The first kappa shape index (κ1) is 21.5. The molecule has 0 N–H and O–H groups in total. The molecule has 2 rings (SSSR count). The predicted octanol–water partition coefficient (Wildman–Crippen LogP) is 6.92. The molecule has 0 amide bonds. The minimum atomic E-state index is -1.71. The Balaban J connectivity index is 1.91. The number of rotatable bonds is 7. The van der Waals surface area contributed by atoms with E-state index in [4.69, 9.17) is 9.16 Å². The van der Waals surface area contributed by atoms with Crippen molar-refractivity contribution in [2.75, 3.05) is 6.61 Å². The maximum absolute atomic E-state index is 6.33. The molecular weight excluding hydrogens is 348 g/mol. The second kappa shape index (κ2) is 8.90. The van der Waals surface area contributed by atoms with Gasteiger partial charge in [-0.1, -0.05) is 62.7 Å². The summed E-state index contributed by atoms with van der Waals surface area (Å²) in [7, 11) is -1.71. The summed E-state index contributed by atoms with van der Waals surface area (Å²) in [4.78, 5) is 0. The van der Waals surface area contributed by atoms with Crippen LogP contribution in [0.3, 0.4) is 0 Å². The molecule has 0 aliphatic heterocycles. The zero-order valence-corrected chi connectivity index (χ0v) is 18.9. The second-order valence-corrected chi connectivity index (χ2v) is 13.6. The standard InChI is InChI=1S/C24H34O2Si/c1-19-10-14-23(15-11-19)25-16-8-9-22-13-12-21(17-20(22)2)18-26-27(6,7)24(3,4)5/h8-15,17H,16,18H2,1-7H3. The van der Waals surface area contributed by atoms with E-state index < -0.39 is 8.32 Å². The van der Waals surface area contributed by atoms with Crippen molar-refractivity contribution in [3.8, 4) is 5.75 Å². The van der Waals surface area contributed by atoms with Gasteiger partial charge in [-0.15, -0.1) is 0 Å². The van der Waals surface area contributed by atoms with Crippen LogP contribution in [-0.2, 0) is 11.0 Å². The van der Waals surface area contributed by atoms with E-state index in [0.29, 0.717) is 13.2 Å². The first-order valence-electron chi connectivity index (χ1n) is 9.68. The summed E-state index contributed by atoms with van der Waals surface area (Å²) >= 11 is 0. The van der Waals surface area contributed by atoms with Crippen molar-refractivity contribution < 1.29 is 9.16 Å². The van der Waals surface area contributed by atoms with Crippen molar-refractivity contribution in [2.45, 2.75) is 59.4 Å². The molecule has 3 heteroatoms. The van der Waals surface area contributed by atoms with Crippen molar-refractivity contribution in [2.24, 2.45) is 0 Å². The molecular formula is C24H34O2Si.